The minimum absolute atomic E-state index is 0.147. The van der Waals surface area contributed by atoms with Crippen molar-refractivity contribution in [3.8, 4) is 0 Å². The third kappa shape index (κ3) is 2.40. The summed E-state index contributed by atoms with van der Waals surface area (Å²) in [5.41, 5.74) is -0.660. The predicted octanol–water partition coefficient (Wildman–Crippen LogP) is 1.79. The van der Waals surface area contributed by atoms with Gasteiger partial charge in [-0.15, -0.1) is 0 Å². The zero-order valence-electron chi connectivity index (χ0n) is 9.70. The molecule has 1 unspecified atom stereocenters. The standard InChI is InChI=1S/C12H10F3NO3/c13-7-5-9(15)8(14)4-6(7)11(17)16-3-1-2-10(16)12(18)19/h4-5,10H,1-3H2,(H,18,19). The zero-order chi connectivity index (χ0) is 14.2. The topological polar surface area (TPSA) is 57.6 Å². The minimum atomic E-state index is -1.40. The average Bonchev–Trinajstić information content (AvgIpc) is 2.82. The van der Waals surface area contributed by atoms with E-state index in [0.29, 0.717) is 12.5 Å². The number of rotatable bonds is 2. The number of hydrogen-bond acceptors (Lipinski definition) is 2. The maximum atomic E-state index is 13.5. The average molecular weight is 273 g/mol. The quantitative estimate of drug-likeness (QED) is 0.836. The molecular weight excluding hydrogens is 263 g/mol. The summed E-state index contributed by atoms with van der Waals surface area (Å²) < 4.78 is 39.3. The van der Waals surface area contributed by atoms with Crippen LogP contribution >= 0.6 is 0 Å². The van der Waals surface area contributed by atoms with Gasteiger partial charge in [-0.05, 0) is 18.9 Å². The highest BCUT2D eigenvalue weighted by atomic mass is 19.2. The SMILES string of the molecule is O=C(O)C1CCCN1C(=O)c1cc(F)c(F)cc1F. The number of halogens is 3. The minimum Gasteiger partial charge on any atom is -0.480 e. The molecule has 0 radical (unpaired) electrons. The Morgan fingerprint density at radius 2 is 1.79 bits per heavy atom. The Morgan fingerprint density at radius 3 is 2.42 bits per heavy atom. The summed E-state index contributed by atoms with van der Waals surface area (Å²) in [7, 11) is 0. The van der Waals surface area contributed by atoms with Crippen LogP contribution in [0.1, 0.15) is 23.2 Å². The molecule has 0 spiro atoms. The highest BCUT2D eigenvalue weighted by molar-refractivity contribution is 5.97. The predicted molar refractivity (Wildman–Crippen MR) is 58.0 cm³/mol. The number of carboxylic acid groups (broad SMARTS) is 1. The molecule has 1 aliphatic heterocycles. The molecule has 0 bridgehead atoms. The number of aliphatic carboxylic acids is 1. The van der Waals surface area contributed by atoms with E-state index in [1.807, 2.05) is 0 Å². The summed E-state index contributed by atoms with van der Waals surface area (Å²) in [6.45, 7) is 0.147. The van der Waals surface area contributed by atoms with Gasteiger partial charge in [-0.3, -0.25) is 4.79 Å². The van der Waals surface area contributed by atoms with Gasteiger partial charge in [-0.2, -0.15) is 0 Å². The number of likely N-dealkylation sites (tertiary alicyclic amines) is 1. The monoisotopic (exact) mass is 273 g/mol. The van der Waals surface area contributed by atoms with E-state index in [2.05, 4.69) is 0 Å². The van der Waals surface area contributed by atoms with Crippen LogP contribution in [0.5, 0.6) is 0 Å². The number of carbonyl (C=O) groups excluding carboxylic acids is 1. The second-order valence-electron chi connectivity index (χ2n) is 4.24. The van der Waals surface area contributed by atoms with Gasteiger partial charge >= 0.3 is 5.97 Å². The van der Waals surface area contributed by atoms with Crippen LogP contribution in [-0.4, -0.2) is 34.5 Å². The normalized spacial score (nSPS) is 18.7. The van der Waals surface area contributed by atoms with Gasteiger partial charge in [0.2, 0.25) is 0 Å². The Balaban J connectivity index is 2.34. The van der Waals surface area contributed by atoms with Crippen molar-refractivity contribution in [2.45, 2.75) is 18.9 Å². The number of amides is 1. The molecule has 1 aromatic carbocycles. The third-order valence-electron chi connectivity index (χ3n) is 3.04. The highest BCUT2D eigenvalue weighted by Gasteiger charge is 2.35. The van der Waals surface area contributed by atoms with Crippen molar-refractivity contribution < 1.29 is 27.9 Å². The van der Waals surface area contributed by atoms with Gasteiger partial charge in [0.15, 0.2) is 11.6 Å². The maximum absolute atomic E-state index is 13.5. The molecule has 7 heteroatoms. The molecule has 1 amide bonds. The molecule has 1 aromatic rings. The number of hydrogen-bond donors (Lipinski definition) is 1. The van der Waals surface area contributed by atoms with Gasteiger partial charge in [0.1, 0.15) is 11.9 Å². The zero-order valence-corrected chi connectivity index (χ0v) is 9.70. The van der Waals surface area contributed by atoms with E-state index in [1.54, 1.807) is 0 Å². The molecule has 1 atom stereocenters. The first-order valence-electron chi connectivity index (χ1n) is 5.60. The van der Waals surface area contributed by atoms with Crippen LogP contribution in [0.4, 0.5) is 13.2 Å². The molecule has 0 aromatic heterocycles. The van der Waals surface area contributed by atoms with Gasteiger partial charge in [-0.1, -0.05) is 0 Å². The lowest BCUT2D eigenvalue weighted by Crippen LogP contribution is -2.40. The van der Waals surface area contributed by atoms with Gasteiger partial charge in [0.05, 0.1) is 5.56 Å². The molecule has 1 saturated heterocycles. The fourth-order valence-corrected chi connectivity index (χ4v) is 2.11. The van der Waals surface area contributed by atoms with E-state index in [1.165, 1.54) is 0 Å². The van der Waals surface area contributed by atoms with Crippen molar-refractivity contribution in [3.05, 3.63) is 35.1 Å². The van der Waals surface area contributed by atoms with Crippen molar-refractivity contribution in [2.24, 2.45) is 0 Å². The molecule has 1 aliphatic rings. The number of nitrogens with zero attached hydrogens (tertiary/aromatic N) is 1. The van der Waals surface area contributed by atoms with Gasteiger partial charge in [0, 0.05) is 12.6 Å². The molecule has 0 saturated carbocycles. The summed E-state index contributed by atoms with van der Waals surface area (Å²) in [5.74, 6) is -6.10. The van der Waals surface area contributed by atoms with E-state index >= 15 is 0 Å². The van der Waals surface area contributed by atoms with E-state index in [0.717, 1.165) is 4.90 Å². The van der Waals surface area contributed by atoms with Crippen molar-refractivity contribution >= 4 is 11.9 Å². The third-order valence-corrected chi connectivity index (χ3v) is 3.04. The summed E-state index contributed by atoms with van der Waals surface area (Å²) in [6.07, 6.45) is 0.723. The number of benzene rings is 1. The molecular formula is C12H10F3NO3. The lowest BCUT2D eigenvalue weighted by atomic mass is 10.1. The second-order valence-corrected chi connectivity index (χ2v) is 4.24. The molecule has 0 aliphatic carbocycles. The van der Waals surface area contributed by atoms with Gasteiger partial charge in [0.25, 0.3) is 5.91 Å². The van der Waals surface area contributed by atoms with Crippen molar-refractivity contribution in [2.75, 3.05) is 6.54 Å². The first-order chi connectivity index (χ1) is 8.91. The molecule has 1 heterocycles. The van der Waals surface area contributed by atoms with E-state index in [-0.39, 0.29) is 19.0 Å². The van der Waals surface area contributed by atoms with Crippen LogP contribution in [0.15, 0.2) is 12.1 Å². The number of carboxylic acids is 1. The Hall–Kier alpha value is -2.05. The van der Waals surface area contributed by atoms with Crippen LogP contribution in [0.3, 0.4) is 0 Å². The van der Waals surface area contributed by atoms with Gasteiger partial charge < -0.3 is 10.0 Å². The van der Waals surface area contributed by atoms with E-state index < -0.39 is 40.9 Å². The lowest BCUT2D eigenvalue weighted by molar-refractivity contribution is -0.141. The summed E-state index contributed by atoms with van der Waals surface area (Å²) in [6, 6.07) is -0.335. The van der Waals surface area contributed by atoms with Crippen LogP contribution in [-0.2, 0) is 4.79 Å². The van der Waals surface area contributed by atoms with Crippen LogP contribution < -0.4 is 0 Å². The Bertz CT molecular complexity index is 547. The molecule has 4 nitrogen and oxygen atoms in total. The Labute approximate surface area is 106 Å². The van der Waals surface area contributed by atoms with Crippen molar-refractivity contribution in [3.63, 3.8) is 0 Å². The fourth-order valence-electron chi connectivity index (χ4n) is 2.11. The lowest BCUT2D eigenvalue weighted by Gasteiger charge is -2.21. The first-order valence-corrected chi connectivity index (χ1v) is 5.60. The first kappa shape index (κ1) is 13.4. The number of carbonyl (C=O) groups is 2. The molecule has 2 rings (SSSR count). The molecule has 102 valence electrons. The van der Waals surface area contributed by atoms with Crippen molar-refractivity contribution in [1.82, 2.24) is 4.90 Å². The highest BCUT2D eigenvalue weighted by Crippen LogP contribution is 2.22. The second kappa shape index (κ2) is 4.91. The largest absolute Gasteiger partial charge is 0.480 e. The Kier molecular flexibility index (Phi) is 3.46. The molecule has 1 N–H and O–H groups in total. The van der Waals surface area contributed by atoms with Crippen LogP contribution in [0.2, 0.25) is 0 Å². The smallest absolute Gasteiger partial charge is 0.326 e. The van der Waals surface area contributed by atoms with Crippen LogP contribution in [0.25, 0.3) is 0 Å². The van der Waals surface area contributed by atoms with E-state index in [4.69, 9.17) is 5.11 Å². The maximum Gasteiger partial charge on any atom is 0.326 e. The molecule has 1 fully saturated rings. The van der Waals surface area contributed by atoms with Crippen molar-refractivity contribution in [1.29, 1.82) is 0 Å². The summed E-state index contributed by atoms with van der Waals surface area (Å²) >= 11 is 0. The van der Waals surface area contributed by atoms with Gasteiger partial charge in [-0.25, -0.2) is 18.0 Å². The fraction of sp³-hybridized carbons (Fsp3) is 0.333. The Morgan fingerprint density at radius 1 is 1.16 bits per heavy atom. The summed E-state index contributed by atoms with van der Waals surface area (Å²) in [4.78, 5) is 23.9. The summed E-state index contributed by atoms with van der Waals surface area (Å²) in [5, 5.41) is 8.93. The van der Waals surface area contributed by atoms with E-state index in [9.17, 15) is 22.8 Å². The van der Waals surface area contributed by atoms with Crippen LogP contribution in [0, 0.1) is 17.5 Å². The molecule has 19 heavy (non-hydrogen) atoms.